The van der Waals surface area contributed by atoms with Crippen LogP contribution in [-0.2, 0) is 0 Å². The van der Waals surface area contributed by atoms with Crippen molar-refractivity contribution in [2.24, 2.45) is 0 Å². The number of hydrogen-bond donors (Lipinski definition) is 0. The molecular weight excluding hydrogens is 203 g/mol. The Morgan fingerprint density at radius 3 is 1.17 bits per heavy atom. The van der Waals surface area contributed by atoms with E-state index >= 15 is 0 Å². The van der Waals surface area contributed by atoms with Crippen molar-refractivity contribution < 1.29 is 0 Å². The van der Waals surface area contributed by atoms with Gasteiger partial charge in [0, 0.05) is 0 Å². The van der Waals surface area contributed by atoms with Gasteiger partial charge in [0.25, 0.3) is 0 Å². The van der Waals surface area contributed by atoms with Crippen molar-refractivity contribution in [1.29, 1.82) is 0 Å². The van der Waals surface area contributed by atoms with Gasteiger partial charge in [0.15, 0.2) is 0 Å². The molecule has 0 N–H and O–H groups in total. The fourth-order valence-corrected chi connectivity index (χ4v) is 0. The molecule has 0 bridgehead atoms. The average molecular weight is 209 g/mol. The summed E-state index contributed by atoms with van der Waals surface area (Å²) < 4.78 is 0. The van der Waals surface area contributed by atoms with Crippen molar-refractivity contribution in [2.45, 2.75) is 0 Å². The first-order valence-electron chi connectivity index (χ1n) is 0.697. The first-order valence-corrected chi connectivity index (χ1v) is 1.91. The molecule has 0 saturated heterocycles. The Balaban J connectivity index is -0.00000000667. The van der Waals surface area contributed by atoms with E-state index in [2.05, 4.69) is 6.58 Å². The van der Waals surface area contributed by atoms with E-state index in [0.29, 0.717) is 0 Å². The molecule has 0 spiro atoms. The summed E-state index contributed by atoms with van der Waals surface area (Å²) >= 11 is 1.89. The Hall–Kier alpha value is 1.15. The maximum atomic E-state index is 3.36. The smallest absolute Gasteiger partial charge is 0.147 e. The molecule has 0 nitrogen and oxygen atoms in total. The monoisotopic (exact) mass is 209 g/mol. The molecule has 0 unspecified atom stereocenters. The molecule has 0 aromatic carbocycles. The topological polar surface area (TPSA) is 0 Å². The van der Waals surface area contributed by atoms with E-state index in [1.807, 2.05) is 16.5 Å². The van der Waals surface area contributed by atoms with Gasteiger partial charge in [0.2, 0.25) is 0 Å². The van der Waals surface area contributed by atoms with E-state index in [9.17, 15) is 0 Å². The molecule has 0 saturated carbocycles. The molecule has 6 heavy (non-hydrogen) atoms. The predicted octanol–water partition coefficient (Wildman–Crippen LogP) is 1.56. The molecule has 39 valence electrons. The van der Waals surface area contributed by atoms with Gasteiger partial charge in [-0.15, -0.1) is 37.2 Å². The maximum Gasteiger partial charge on any atom is -0.147 e. The quantitative estimate of drug-likeness (QED) is 0.531. The molecule has 0 rings (SSSR count). The van der Waals surface area contributed by atoms with Gasteiger partial charge in [-0.25, -0.2) is 0 Å². The minimum Gasteiger partial charge on any atom is -0.147 e. The minimum atomic E-state index is 0. The second-order valence-corrected chi connectivity index (χ2v) is 1.06. The van der Waals surface area contributed by atoms with Gasteiger partial charge in [0.1, 0.15) is 0 Å². The van der Waals surface area contributed by atoms with E-state index in [1.165, 1.54) is 0 Å². The van der Waals surface area contributed by atoms with Crippen LogP contribution in [0.25, 0.3) is 0 Å². The summed E-state index contributed by atoms with van der Waals surface area (Å²) in [5.74, 6) is 0. The van der Waals surface area contributed by atoms with Crippen LogP contribution in [0.15, 0.2) is 11.5 Å². The van der Waals surface area contributed by atoms with Gasteiger partial charge in [-0.05, 0) is 0 Å². The third-order valence-electron chi connectivity index (χ3n) is 0. The van der Waals surface area contributed by atoms with E-state index in [4.69, 9.17) is 0 Å². The van der Waals surface area contributed by atoms with Crippen molar-refractivity contribution >= 4 is 53.7 Å². The van der Waals surface area contributed by atoms with Gasteiger partial charge in [0.05, 0.1) is 0 Å². The molecule has 4 heteroatoms. The van der Waals surface area contributed by atoms with Crippen LogP contribution in [0.4, 0.5) is 0 Å². The molecular formula is C2H6Cl3Ge. The summed E-state index contributed by atoms with van der Waals surface area (Å²) in [4.78, 5) is 1.75. The second kappa shape index (κ2) is 35.2. The molecule has 0 heterocycles. The third-order valence-corrected chi connectivity index (χ3v) is 0. The zero-order valence-corrected chi connectivity index (χ0v) is 7.56. The summed E-state index contributed by atoms with van der Waals surface area (Å²) in [6.07, 6.45) is 0. The van der Waals surface area contributed by atoms with E-state index in [1.54, 1.807) is 4.91 Å². The summed E-state index contributed by atoms with van der Waals surface area (Å²) in [5, 5.41) is 0. The average Bonchev–Trinajstić information content (AvgIpc) is 0.918. The number of rotatable bonds is 0. The molecule has 0 amide bonds. The van der Waals surface area contributed by atoms with Crippen LogP contribution in [0.2, 0.25) is 0 Å². The summed E-state index contributed by atoms with van der Waals surface area (Å²) in [5.41, 5.74) is 0. The molecule has 0 aliphatic heterocycles. The van der Waals surface area contributed by atoms with E-state index in [-0.39, 0.29) is 37.2 Å². The Kier molecular flexibility index (Phi) is 160. The normalized spacial score (nSPS) is 2.17. The van der Waals surface area contributed by atoms with Crippen LogP contribution in [-0.4, -0.2) is 16.5 Å². The summed E-state index contributed by atoms with van der Waals surface area (Å²) in [6.45, 7) is 3.36. The van der Waals surface area contributed by atoms with Crippen LogP contribution in [0.1, 0.15) is 0 Å². The van der Waals surface area contributed by atoms with E-state index in [0.717, 1.165) is 0 Å². The first kappa shape index (κ1) is 27.2. The first-order chi connectivity index (χ1) is 1.41. The fraction of sp³-hybridized carbons (Fsp3) is 0. The van der Waals surface area contributed by atoms with Crippen LogP contribution in [0.3, 0.4) is 0 Å². The van der Waals surface area contributed by atoms with E-state index < -0.39 is 0 Å². The fourth-order valence-electron chi connectivity index (χ4n) is 0. The zero-order valence-electron chi connectivity index (χ0n) is 3.01. The number of halogens is 3. The molecule has 0 aliphatic carbocycles. The third kappa shape index (κ3) is 66.9. The van der Waals surface area contributed by atoms with Gasteiger partial charge in [-0.3, -0.25) is 0 Å². The molecule has 0 fully saturated rings. The van der Waals surface area contributed by atoms with Crippen molar-refractivity contribution in [3.05, 3.63) is 11.5 Å². The molecule has 0 aromatic heterocycles. The molecule has 3 radical (unpaired) electrons. The molecule has 0 aliphatic rings. The second-order valence-electron chi connectivity index (χ2n) is 0.204. The predicted molar refractivity (Wildman–Crippen MR) is 37.7 cm³/mol. The Morgan fingerprint density at radius 2 is 1.17 bits per heavy atom. The SMILES string of the molecule is C=[CH][Ge].Cl.Cl.Cl. The summed E-state index contributed by atoms with van der Waals surface area (Å²) in [7, 11) is 0. The van der Waals surface area contributed by atoms with Gasteiger partial charge < -0.3 is 0 Å². The van der Waals surface area contributed by atoms with Crippen molar-refractivity contribution in [3.8, 4) is 0 Å². The molecule has 0 atom stereocenters. The van der Waals surface area contributed by atoms with Gasteiger partial charge >= 0.3 is 28.0 Å². The minimum absolute atomic E-state index is 0. The Morgan fingerprint density at radius 1 is 1.17 bits per heavy atom. The van der Waals surface area contributed by atoms with Crippen LogP contribution >= 0.6 is 37.2 Å². The number of hydrogen-bond acceptors (Lipinski definition) is 0. The van der Waals surface area contributed by atoms with Gasteiger partial charge in [-0.2, -0.15) is 0 Å². The van der Waals surface area contributed by atoms with Crippen LogP contribution in [0.5, 0.6) is 0 Å². The molecule has 0 aromatic rings. The Bertz CT molecular complexity index is 16.3. The van der Waals surface area contributed by atoms with Crippen molar-refractivity contribution in [2.75, 3.05) is 0 Å². The summed E-state index contributed by atoms with van der Waals surface area (Å²) in [6, 6.07) is 0. The standard InChI is InChI=1S/C2H3Ge.3ClH/c1-2-3;;;/h2H,1H2;3*1H. The van der Waals surface area contributed by atoms with Gasteiger partial charge in [-0.1, -0.05) is 0 Å². The van der Waals surface area contributed by atoms with Crippen molar-refractivity contribution in [3.63, 3.8) is 0 Å². The zero-order chi connectivity index (χ0) is 2.71. The van der Waals surface area contributed by atoms with Crippen LogP contribution < -0.4 is 0 Å². The van der Waals surface area contributed by atoms with Crippen molar-refractivity contribution in [1.82, 2.24) is 0 Å². The maximum absolute atomic E-state index is 3.36. The Labute approximate surface area is 65.2 Å². The van der Waals surface area contributed by atoms with Crippen LogP contribution in [0, 0.1) is 0 Å². The largest absolute Gasteiger partial charge is 0.147 e.